The number of rotatable bonds is 7. The van der Waals surface area contributed by atoms with Gasteiger partial charge in [-0.15, -0.1) is 0 Å². The molecule has 0 aromatic heterocycles. The van der Waals surface area contributed by atoms with E-state index in [1.165, 1.54) is 5.56 Å². The molecule has 21 heavy (non-hydrogen) atoms. The molecule has 0 aliphatic heterocycles. The van der Waals surface area contributed by atoms with Crippen LogP contribution in [0.3, 0.4) is 0 Å². The third kappa shape index (κ3) is 4.58. The van der Waals surface area contributed by atoms with E-state index in [0.29, 0.717) is 6.54 Å². The Morgan fingerprint density at radius 3 is 2.24 bits per heavy atom. The zero-order valence-corrected chi connectivity index (χ0v) is 12.9. The van der Waals surface area contributed by atoms with Crippen LogP contribution in [0, 0.1) is 0 Å². The van der Waals surface area contributed by atoms with Crippen molar-refractivity contribution in [3.63, 3.8) is 0 Å². The van der Waals surface area contributed by atoms with Gasteiger partial charge in [0, 0.05) is 18.8 Å². The minimum Gasteiger partial charge on any atom is -0.385 e. The van der Waals surface area contributed by atoms with Gasteiger partial charge < -0.3 is 5.32 Å². The Labute approximate surface area is 126 Å². The highest BCUT2D eigenvalue weighted by Gasteiger charge is 2.11. The molecule has 2 aromatic rings. The van der Waals surface area contributed by atoms with Crippen molar-refractivity contribution >= 4 is 15.7 Å². The molecular weight excluding hydrogens is 284 g/mol. The van der Waals surface area contributed by atoms with E-state index < -0.39 is 10.0 Å². The summed E-state index contributed by atoms with van der Waals surface area (Å²) in [5.74, 6) is 0. The molecular formula is C16H20N2O2S. The Balaban J connectivity index is 1.91. The van der Waals surface area contributed by atoms with Crippen LogP contribution in [-0.4, -0.2) is 21.5 Å². The van der Waals surface area contributed by atoms with Crippen LogP contribution in [0.25, 0.3) is 0 Å². The van der Waals surface area contributed by atoms with E-state index in [4.69, 9.17) is 0 Å². The van der Waals surface area contributed by atoms with Crippen LogP contribution in [-0.2, 0) is 16.4 Å². The van der Waals surface area contributed by atoms with E-state index in [2.05, 4.69) is 22.2 Å². The van der Waals surface area contributed by atoms with Crippen molar-refractivity contribution in [3.05, 3.63) is 60.2 Å². The van der Waals surface area contributed by atoms with Gasteiger partial charge in [-0.3, -0.25) is 0 Å². The molecule has 0 aliphatic carbocycles. The van der Waals surface area contributed by atoms with Crippen molar-refractivity contribution in [2.45, 2.75) is 18.2 Å². The minimum atomic E-state index is -3.37. The third-order valence-electron chi connectivity index (χ3n) is 3.08. The van der Waals surface area contributed by atoms with Crippen LogP contribution >= 0.6 is 0 Å². The fourth-order valence-electron chi connectivity index (χ4n) is 2.02. The second-order valence-corrected chi connectivity index (χ2v) is 6.46. The molecule has 0 spiro atoms. The lowest BCUT2D eigenvalue weighted by molar-refractivity contribution is 0.584. The van der Waals surface area contributed by atoms with E-state index in [9.17, 15) is 8.42 Å². The van der Waals surface area contributed by atoms with Crippen molar-refractivity contribution in [3.8, 4) is 0 Å². The summed E-state index contributed by atoms with van der Waals surface area (Å²) in [6.45, 7) is 2.96. The summed E-state index contributed by atoms with van der Waals surface area (Å²) in [5.41, 5.74) is 2.19. The molecule has 0 amide bonds. The summed E-state index contributed by atoms with van der Waals surface area (Å²) >= 11 is 0. The average molecular weight is 304 g/mol. The summed E-state index contributed by atoms with van der Waals surface area (Å²) in [6.07, 6.45) is 0.929. The molecule has 112 valence electrons. The monoisotopic (exact) mass is 304 g/mol. The topological polar surface area (TPSA) is 58.2 Å². The summed E-state index contributed by atoms with van der Waals surface area (Å²) in [5, 5.41) is 3.29. The number of hydrogen-bond donors (Lipinski definition) is 2. The Morgan fingerprint density at radius 2 is 1.62 bits per heavy atom. The highest BCUT2D eigenvalue weighted by Crippen LogP contribution is 2.14. The smallest absolute Gasteiger partial charge is 0.240 e. The molecule has 2 aromatic carbocycles. The highest BCUT2D eigenvalue weighted by molar-refractivity contribution is 7.89. The van der Waals surface area contributed by atoms with Gasteiger partial charge in [0.25, 0.3) is 0 Å². The van der Waals surface area contributed by atoms with Crippen LogP contribution in [0.15, 0.2) is 59.5 Å². The molecule has 4 nitrogen and oxygen atoms in total. The van der Waals surface area contributed by atoms with E-state index in [1.807, 2.05) is 18.2 Å². The molecule has 0 heterocycles. The first-order chi connectivity index (χ1) is 10.1. The lowest BCUT2D eigenvalue weighted by Crippen LogP contribution is -2.23. The first kappa shape index (κ1) is 15.5. The van der Waals surface area contributed by atoms with Crippen LogP contribution in [0.1, 0.15) is 12.5 Å². The fraction of sp³-hybridized carbons (Fsp3) is 0.250. The largest absolute Gasteiger partial charge is 0.385 e. The van der Waals surface area contributed by atoms with Crippen LogP contribution in [0.2, 0.25) is 0 Å². The molecule has 0 bridgehead atoms. The van der Waals surface area contributed by atoms with E-state index >= 15 is 0 Å². The Hall–Kier alpha value is -1.85. The molecule has 2 rings (SSSR count). The minimum absolute atomic E-state index is 0.290. The second-order valence-electron chi connectivity index (χ2n) is 4.69. The van der Waals surface area contributed by atoms with Crippen molar-refractivity contribution in [1.82, 2.24) is 4.72 Å². The van der Waals surface area contributed by atoms with Gasteiger partial charge in [0.15, 0.2) is 0 Å². The van der Waals surface area contributed by atoms with Crippen LogP contribution in [0.4, 0.5) is 5.69 Å². The summed E-state index contributed by atoms with van der Waals surface area (Å²) in [4.78, 5) is 0.290. The van der Waals surface area contributed by atoms with Crippen molar-refractivity contribution in [2.24, 2.45) is 0 Å². The normalized spacial score (nSPS) is 11.3. The second kappa shape index (κ2) is 7.24. The average Bonchev–Trinajstić information content (AvgIpc) is 2.49. The molecule has 0 saturated heterocycles. The Morgan fingerprint density at radius 1 is 0.952 bits per heavy atom. The summed E-state index contributed by atoms with van der Waals surface area (Å²) in [7, 11) is -3.37. The zero-order chi connectivity index (χ0) is 15.1. The number of sulfonamides is 1. The maximum Gasteiger partial charge on any atom is 0.240 e. The van der Waals surface area contributed by atoms with Crippen molar-refractivity contribution in [2.75, 3.05) is 18.4 Å². The van der Waals surface area contributed by atoms with Crippen LogP contribution in [0.5, 0.6) is 0 Å². The lowest BCUT2D eigenvalue weighted by atomic mass is 10.1. The predicted octanol–water partition coefficient (Wildman–Crippen LogP) is 2.64. The summed E-state index contributed by atoms with van der Waals surface area (Å²) in [6, 6.07) is 17.0. The molecule has 0 unspecified atom stereocenters. The van der Waals surface area contributed by atoms with E-state index in [1.54, 1.807) is 31.2 Å². The molecule has 0 saturated carbocycles. The molecule has 0 fully saturated rings. The maximum absolute atomic E-state index is 11.8. The standard InChI is InChI=1S/C16H20N2O2S/c1-2-18-21(19,20)16-10-8-15(9-11-16)17-13-12-14-6-4-3-5-7-14/h3-11,17-18H,2,12-13H2,1H3. The van der Waals surface area contributed by atoms with Gasteiger partial charge in [-0.25, -0.2) is 13.1 Å². The molecule has 0 atom stereocenters. The Kier molecular flexibility index (Phi) is 5.36. The van der Waals surface area contributed by atoms with Crippen LogP contribution < -0.4 is 10.0 Å². The van der Waals surface area contributed by atoms with Gasteiger partial charge in [-0.2, -0.15) is 0 Å². The van der Waals surface area contributed by atoms with Crippen molar-refractivity contribution in [1.29, 1.82) is 0 Å². The third-order valence-corrected chi connectivity index (χ3v) is 4.65. The molecule has 5 heteroatoms. The number of anilines is 1. The van der Waals surface area contributed by atoms with Gasteiger partial charge in [-0.05, 0) is 36.2 Å². The van der Waals surface area contributed by atoms with Gasteiger partial charge in [-0.1, -0.05) is 37.3 Å². The molecule has 0 aliphatic rings. The number of benzene rings is 2. The van der Waals surface area contributed by atoms with E-state index in [-0.39, 0.29) is 4.90 Å². The highest BCUT2D eigenvalue weighted by atomic mass is 32.2. The van der Waals surface area contributed by atoms with Gasteiger partial charge in [0.2, 0.25) is 10.0 Å². The van der Waals surface area contributed by atoms with Gasteiger partial charge in [0.1, 0.15) is 0 Å². The fourth-order valence-corrected chi connectivity index (χ4v) is 3.06. The first-order valence-electron chi connectivity index (χ1n) is 6.99. The Bertz CT molecular complexity index is 652. The quantitative estimate of drug-likeness (QED) is 0.827. The number of hydrogen-bond acceptors (Lipinski definition) is 3. The number of nitrogens with one attached hydrogen (secondary N) is 2. The summed E-state index contributed by atoms with van der Waals surface area (Å²) < 4.78 is 26.1. The maximum atomic E-state index is 11.8. The lowest BCUT2D eigenvalue weighted by Gasteiger charge is -2.08. The molecule has 0 radical (unpaired) electrons. The van der Waals surface area contributed by atoms with Gasteiger partial charge in [0.05, 0.1) is 4.90 Å². The SMILES string of the molecule is CCNS(=O)(=O)c1ccc(NCCc2ccccc2)cc1. The molecule has 2 N–H and O–H groups in total. The first-order valence-corrected chi connectivity index (χ1v) is 8.47. The zero-order valence-electron chi connectivity index (χ0n) is 12.0. The van der Waals surface area contributed by atoms with Crippen molar-refractivity contribution < 1.29 is 8.42 Å². The predicted molar refractivity (Wildman–Crippen MR) is 85.9 cm³/mol. The van der Waals surface area contributed by atoms with E-state index in [0.717, 1.165) is 18.7 Å². The van der Waals surface area contributed by atoms with Gasteiger partial charge >= 0.3 is 0 Å².